The second-order valence-electron chi connectivity index (χ2n) is 6.74. The van der Waals surface area contributed by atoms with Crippen LogP contribution in [0.4, 0.5) is 5.69 Å². The standard InChI is InChI=1S/C15H20N2.C2H6O3S/c1-2-4-15-13(3-1)9-14-11-17(15)8-7-16(14)10-12-5-6-12;1-2-6(3,4)5/h1-4,12,14H,5-11H2;2H2,1H3,(H,3,4,5). The fourth-order valence-corrected chi connectivity index (χ4v) is 3.42. The quantitative estimate of drug-likeness (QED) is 0.855. The van der Waals surface area contributed by atoms with Crippen molar-refractivity contribution in [2.45, 2.75) is 32.2 Å². The Morgan fingerprint density at radius 1 is 1.22 bits per heavy atom. The van der Waals surface area contributed by atoms with Crippen LogP contribution in [-0.2, 0) is 16.5 Å². The van der Waals surface area contributed by atoms with Gasteiger partial charge in [0.2, 0.25) is 0 Å². The highest BCUT2D eigenvalue weighted by Crippen LogP contribution is 2.35. The maximum atomic E-state index is 9.56. The molecule has 2 fully saturated rings. The number of piperazine rings is 1. The van der Waals surface area contributed by atoms with Gasteiger partial charge >= 0.3 is 0 Å². The number of rotatable bonds is 3. The molecule has 1 aromatic rings. The summed E-state index contributed by atoms with van der Waals surface area (Å²) in [5, 5.41) is 0. The Kier molecular flexibility index (Phi) is 4.94. The molecule has 3 aliphatic rings. The third kappa shape index (κ3) is 4.46. The molecule has 1 saturated carbocycles. The van der Waals surface area contributed by atoms with E-state index in [4.69, 9.17) is 4.55 Å². The lowest BCUT2D eigenvalue weighted by molar-refractivity contribution is 0.162. The van der Waals surface area contributed by atoms with Crippen molar-refractivity contribution in [3.63, 3.8) is 0 Å². The van der Waals surface area contributed by atoms with Crippen molar-refractivity contribution in [1.82, 2.24) is 4.90 Å². The Balaban J connectivity index is 0.000000227. The third-order valence-corrected chi connectivity index (χ3v) is 5.68. The Morgan fingerprint density at radius 2 is 1.91 bits per heavy atom. The SMILES string of the molecule is CCS(=O)(=O)O.c1ccc2c(c1)CC1CN2CCN1CC1CC1. The smallest absolute Gasteiger partial charge is 0.264 e. The van der Waals surface area contributed by atoms with E-state index < -0.39 is 10.1 Å². The van der Waals surface area contributed by atoms with Crippen molar-refractivity contribution in [3.05, 3.63) is 29.8 Å². The Bertz CT molecular complexity index is 643. The van der Waals surface area contributed by atoms with Gasteiger partial charge in [-0.3, -0.25) is 9.45 Å². The van der Waals surface area contributed by atoms with E-state index in [9.17, 15) is 8.42 Å². The topological polar surface area (TPSA) is 60.9 Å². The Labute approximate surface area is 139 Å². The summed E-state index contributed by atoms with van der Waals surface area (Å²) in [5.74, 6) is 0.825. The fourth-order valence-electron chi connectivity index (χ4n) is 3.42. The maximum Gasteiger partial charge on any atom is 0.264 e. The lowest BCUT2D eigenvalue weighted by atomic mass is 9.94. The fraction of sp³-hybridized carbons (Fsp3) is 0.647. The summed E-state index contributed by atoms with van der Waals surface area (Å²) in [7, 11) is -3.66. The number of nitrogens with zero attached hydrogens (tertiary/aromatic N) is 2. The Morgan fingerprint density at radius 3 is 2.57 bits per heavy atom. The molecular formula is C17H26N2O3S. The zero-order valence-corrected chi connectivity index (χ0v) is 14.5. The van der Waals surface area contributed by atoms with Gasteiger partial charge in [0.15, 0.2) is 0 Å². The minimum absolute atomic E-state index is 0.201. The van der Waals surface area contributed by atoms with Crippen molar-refractivity contribution in [2.24, 2.45) is 5.92 Å². The van der Waals surface area contributed by atoms with Crippen LogP contribution in [0.15, 0.2) is 24.3 Å². The second kappa shape index (κ2) is 6.79. The molecule has 1 aromatic carbocycles. The average Bonchev–Trinajstić information content (AvgIpc) is 3.34. The number of benzene rings is 1. The minimum atomic E-state index is -3.66. The van der Waals surface area contributed by atoms with Crippen LogP contribution < -0.4 is 4.90 Å². The lowest BCUT2D eigenvalue weighted by Crippen LogP contribution is -2.57. The summed E-state index contributed by atoms with van der Waals surface area (Å²) in [6.07, 6.45) is 4.21. The molecule has 1 unspecified atom stereocenters. The number of para-hydroxylation sites is 1. The normalized spacial score (nSPS) is 23.7. The first-order valence-electron chi connectivity index (χ1n) is 8.48. The van der Waals surface area contributed by atoms with Crippen LogP contribution in [0.3, 0.4) is 0 Å². The van der Waals surface area contributed by atoms with Gasteiger partial charge < -0.3 is 4.90 Å². The molecule has 2 aliphatic heterocycles. The summed E-state index contributed by atoms with van der Waals surface area (Å²) < 4.78 is 26.9. The minimum Gasteiger partial charge on any atom is -0.368 e. The summed E-state index contributed by atoms with van der Waals surface area (Å²) in [5.41, 5.74) is 3.05. The maximum absolute atomic E-state index is 9.56. The molecule has 0 amide bonds. The van der Waals surface area contributed by atoms with E-state index in [2.05, 4.69) is 34.1 Å². The van der Waals surface area contributed by atoms with Gasteiger partial charge in [0.1, 0.15) is 0 Å². The van der Waals surface area contributed by atoms with E-state index in [0.717, 1.165) is 12.0 Å². The van der Waals surface area contributed by atoms with Crippen molar-refractivity contribution < 1.29 is 13.0 Å². The molecule has 1 aliphatic carbocycles. The molecule has 5 nitrogen and oxygen atoms in total. The summed E-state index contributed by atoms with van der Waals surface area (Å²) in [4.78, 5) is 5.34. The van der Waals surface area contributed by atoms with Crippen LogP contribution in [0.1, 0.15) is 25.3 Å². The van der Waals surface area contributed by atoms with Gasteiger partial charge in [-0.15, -0.1) is 0 Å². The van der Waals surface area contributed by atoms with Gasteiger partial charge in [-0.1, -0.05) is 18.2 Å². The van der Waals surface area contributed by atoms with E-state index in [1.165, 1.54) is 58.1 Å². The molecule has 23 heavy (non-hydrogen) atoms. The van der Waals surface area contributed by atoms with Crippen molar-refractivity contribution >= 4 is 15.8 Å². The van der Waals surface area contributed by atoms with Crippen molar-refractivity contribution in [3.8, 4) is 0 Å². The second-order valence-corrected chi connectivity index (χ2v) is 8.48. The highest BCUT2D eigenvalue weighted by molar-refractivity contribution is 7.85. The zero-order valence-electron chi connectivity index (χ0n) is 13.7. The van der Waals surface area contributed by atoms with E-state index in [1.54, 1.807) is 5.56 Å². The molecule has 0 aromatic heterocycles. The first-order valence-corrected chi connectivity index (χ1v) is 10.1. The summed E-state index contributed by atoms with van der Waals surface area (Å²) >= 11 is 0. The van der Waals surface area contributed by atoms with Crippen LogP contribution >= 0.6 is 0 Å². The third-order valence-electron chi connectivity index (χ3n) is 4.95. The molecule has 2 heterocycles. The first kappa shape index (κ1) is 16.7. The number of hydrogen-bond donors (Lipinski definition) is 1. The van der Waals surface area contributed by atoms with Gasteiger partial charge in [-0.25, -0.2) is 0 Å². The zero-order chi connectivity index (χ0) is 16.4. The van der Waals surface area contributed by atoms with Crippen LogP contribution in [0.5, 0.6) is 0 Å². The van der Waals surface area contributed by atoms with E-state index in [-0.39, 0.29) is 5.75 Å². The molecule has 1 N–H and O–H groups in total. The lowest BCUT2D eigenvalue weighted by Gasteiger charge is -2.47. The molecule has 1 saturated heterocycles. The molecule has 1 atom stereocenters. The van der Waals surface area contributed by atoms with Crippen molar-refractivity contribution in [2.75, 3.05) is 36.8 Å². The molecule has 128 valence electrons. The summed E-state index contributed by atoms with van der Waals surface area (Å²) in [6.45, 7) is 6.48. The van der Waals surface area contributed by atoms with Crippen LogP contribution in [0, 0.1) is 5.92 Å². The van der Waals surface area contributed by atoms with Crippen molar-refractivity contribution in [1.29, 1.82) is 0 Å². The van der Waals surface area contributed by atoms with Gasteiger partial charge in [0.25, 0.3) is 10.1 Å². The summed E-state index contributed by atoms with van der Waals surface area (Å²) in [6, 6.07) is 9.75. The number of anilines is 1. The highest BCUT2D eigenvalue weighted by atomic mass is 32.2. The van der Waals surface area contributed by atoms with Crippen LogP contribution in [0.25, 0.3) is 0 Å². The van der Waals surface area contributed by atoms with Crippen LogP contribution in [0.2, 0.25) is 0 Å². The predicted molar refractivity (Wildman–Crippen MR) is 92.5 cm³/mol. The highest BCUT2D eigenvalue weighted by Gasteiger charge is 2.35. The van der Waals surface area contributed by atoms with Gasteiger partial charge in [-0.2, -0.15) is 8.42 Å². The first-order chi connectivity index (χ1) is 11.0. The predicted octanol–water partition coefficient (Wildman–Crippen LogP) is 2.04. The molecule has 4 rings (SSSR count). The van der Waals surface area contributed by atoms with Gasteiger partial charge in [0, 0.05) is 37.9 Å². The van der Waals surface area contributed by atoms with E-state index in [0.29, 0.717) is 0 Å². The molecule has 0 radical (unpaired) electrons. The molecule has 2 bridgehead atoms. The molecule has 6 heteroatoms. The molecular weight excluding hydrogens is 312 g/mol. The van der Waals surface area contributed by atoms with Gasteiger partial charge in [0.05, 0.1) is 5.75 Å². The monoisotopic (exact) mass is 338 g/mol. The van der Waals surface area contributed by atoms with E-state index in [1.807, 2.05) is 0 Å². The number of fused-ring (bicyclic) bond motifs is 4. The number of hydrogen-bond acceptors (Lipinski definition) is 4. The largest absolute Gasteiger partial charge is 0.368 e. The van der Waals surface area contributed by atoms with Gasteiger partial charge in [-0.05, 0) is 43.7 Å². The van der Waals surface area contributed by atoms with Crippen LogP contribution in [-0.4, -0.2) is 55.8 Å². The molecule has 0 spiro atoms. The average molecular weight is 338 g/mol. The van der Waals surface area contributed by atoms with E-state index >= 15 is 0 Å². The Hall–Kier alpha value is -1.11.